The molecule has 0 saturated heterocycles. The lowest BCUT2D eigenvalue weighted by Crippen LogP contribution is -1.98. The van der Waals surface area contributed by atoms with Crippen molar-refractivity contribution in [3.63, 3.8) is 0 Å². The van der Waals surface area contributed by atoms with Crippen LogP contribution in [0, 0.1) is 6.92 Å². The molecule has 0 bridgehead atoms. The maximum Gasteiger partial charge on any atom is 0.134 e. The highest BCUT2D eigenvalue weighted by Gasteiger charge is 2.08. The highest BCUT2D eigenvalue weighted by Crippen LogP contribution is 2.30. The fourth-order valence-corrected chi connectivity index (χ4v) is 3.61. The Balaban J connectivity index is 1.72. The monoisotopic (exact) mass is 412 g/mol. The van der Waals surface area contributed by atoms with E-state index in [0.717, 1.165) is 16.6 Å². The van der Waals surface area contributed by atoms with Gasteiger partial charge in [-0.15, -0.1) is 11.8 Å². The molecule has 3 rings (SSSR count). The number of aryl methyl sites for hydroxylation is 1. The van der Waals surface area contributed by atoms with E-state index in [-0.39, 0.29) is 0 Å². The van der Waals surface area contributed by atoms with Crippen molar-refractivity contribution in [2.45, 2.75) is 24.8 Å². The molecule has 128 valence electrons. The van der Waals surface area contributed by atoms with E-state index in [0.29, 0.717) is 6.61 Å². The van der Waals surface area contributed by atoms with Crippen LogP contribution in [0.4, 0.5) is 0 Å². The summed E-state index contributed by atoms with van der Waals surface area (Å²) in [6.45, 7) is 2.72. The van der Waals surface area contributed by atoms with Gasteiger partial charge >= 0.3 is 0 Å². The van der Waals surface area contributed by atoms with Gasteiger partial charge in [-0.05, 0) is 82.0 Å². The van der Waals surface area contributed by atoms with Crippen LogP contribution in [0.3, 0.4) is 0 Å². The average molecular weight is 413 g/mol. The summed E-state index contributed by atoms with van der Waals surface area (Å²) in [6.07, 6.45) is 3.03. The van der Waals surface area contributed by atoms with E-state index in [1.807, 2.05) is 18.2 Å². The molecule has 0 atom stereocenters. The van der Waals surface area contributed by atoms with Gasteiger partial charge in [0, 0.05) is 4.90 Å². The molecule has 0 radical (unpaired) electrons. The fraction of sp³-hybridized carbons (Fsp3) is 0.182. The van der Waals surface area contributed by atoms with Crippen molar-refractivity contribution < 1.29 is 4.74 Å². The van der Waals surface area contributed by atoms with Gasteiger partial charge in [0.15, 0.2) is 0 Å². The van der Waals surface area contributed by atoms with Crippen LogP contribution in [0.25, 0.3) is 0 Å². The molecular weight excluding hydrogens is 392 g/mol. The summed E-state index contributed by atoms with van der Waals surface area (Å²) >= 11 is 5.43. The third-order valence-electron chi connectivity index (χ3n) is 4.18. The molecule has 0 unspecified atom stereocenters. The zero-order valence-corrected chi connectivity index (χ0v) is 16.9. The summed E-state index contributed by atoms with van der Waals surface area (Å²) in [7, 11) is 0. The van der Waals surface area contributed by atoms with Crippen LogP contribution in [0.2, 0.25) is 0 Å². The van der Waals surface area contributed by atoms with E-state index in [9.17, 15) is 0 Å². The normalized spacial score (nSPS) is 10.7. The van der Waals surface area contributed by atoms with E-state index in [2.05, 4.69) is 77.6 Å². The number of hydrogen-bond donors (Lipinski definition) is 0. The molecule has 3 heteroatoms. The number of ether oxygens (including phenoxy) is 1. The first-order valence-corrected chi connectivity index (χ1v) is 10.3. The third-order valence-corrected chi connectivity index (χ3v) is 5.54. The molecule has 0 aliphatic carbocycles. The minimum atomic E-state index is 0.578. The maximum absolute atomic E-state index is 5.99. The summed E-state index contributed by atoms with van der Waals surface area (Å²) in [4.78, 5) is 1.30. The predicted molar refractivity (Wildman–Crippen MR) is 111 cm³/mol. The molecule has 25 heavy (non-hydrogen) atoms. The molecule has 0 N–H and O–H groups in total. The molecule has 0 saturated carbocycles. The van der Waals surface area contributed by atoms with Crippen molar-refractivity contribution in [3.05, 3.63) is 93.5 Å². The zero-order valence-electron chi connectivity index (χ0n) is 14.5. The number of rotatable bonds is 6. The lowest BCUT2D eigenvalue weighted by molar-refractivity contribution is 0.304. The van der Waals surface area contributed by atoms with Gasteiger partial charge in [-0.2, -0.15) is 0 Å². The first-order chi connectivity index (χ1) is 12.2. The fourth-order valence-electron chi connectivity index (χ4n) is 2.70. The largest absolute Gasteiger partial charge is 0.488 e. The van der Waals surface area contributed by atoms with Crippen molar-refractivity contribution in [2.75, 3.05) is 6.26 Å². The summed E-state index contributed by atoms with van der Waals surface area (Å²) in [5, 5.41) is 0. The zero-order chi connectivity index (χ0) is 17.6. The second-order valence-electron chi connectivity index (χ2n) is 6.01. The van der Waals surface area contributed by atoms with Crippen LogP contribution in [0.5, 0.6) is 5.75 Å². The van der Waals surface area contributed by atoms with Crippen LogP contribution in [-0.4, -0.2) is 6.26 Å². The van der Waals surface area contributed by atoms with Gasteiger partial charge in [-0.3, -0.25) is 0 Å². The third kappa shape index (κ3) is 4.90. The van der Waals surface area contributed by atoms with Crippen molar-refractivity contribution in [1.82, 2.24) is 0 Å². The summed E-state index contributed by atoms with van der Waals surface area (Å²) in [6, 6.07) is 23.3. The van der Waals surface area contributed by atoms with Crippen molar-refractivity contribution in [2.24, 2.45) is 0 Å². The Morgan fingerprint density at radius 2 is 1.64 bits per heavy atom. The van der Waals surface area contributed by atoms with E-state index in [4.69, 9.17) is 4.74 Å². The Morgan fingerprint density at radius 3 is 2.32 bits per heavy atom. The number of benzene rings is 3. The Kier molecular flexibility index (Phi) is 6.22. The SMILES string of the molecule is CSc1ccc(Cc2cc(Br)c(OCc3ccccc3)cc2C)cc1. The lowest BCUT2D eigenvalue weighted by atomic mass is 10.0. The summed E-state index contributed by atoms with van der Waals surface area (Å²) in [5.74, 6) is 0.892. The predicted octanol–water partition coefficient (Wildman–Crippen LogP) is 6.65. The van der Waals surface area contributed by atoms with Crippen LogP contribution in [-0.2, 0) is 13.0 Å². The summed E-state index contributed by atoms with van der Waals surface area (Å²) in [5.41, 5.74) is 5.06. The summed E-state index contributed by atoms with van der Waals surface area (Å²) < 4.78 is 6.99. The number of halogens is 1. The molecule has 0 heterocycles. The Labute approximate surface area is 162 Å². The minimum absolute atomic E-state index is 0.578. The van der Waals surface area contributed by atoms with Gasteiger partial charge in [-0.25, -0.2) is 0 Å². The van der Waals surface area contributed by atoms with Gasteiger partial charge in [0.25, 0.3) is 0 Å². The van der Waals surface area contributed by atoms with E-state index >= 15 is 0 Å². The number of thioether (sulfide) groups is 1. The first-order valence-electron chi connectivity index (χ1n) is 8.24. The lowest BCUT2D eigenvalue weighted by Gasteiger charge is -2.13. The van der Waals surface area contributed by atoms with Crippen LogP contribution >= 0.6 is 27.7 Å². The first kappa shape index (κ1) is 18.1. The van der Waals surface area contributed by atoms with Crippen molar-refractivity contribution in [3.8, 4) is 5.75 Å². The van der Waals surface area contributed by atoms with Crippen molar-refractivity contribution >= 4 is 27.7 Å². The molecule has 3 aromatic carbocycles. The molecule has 0 aliphatic heterocycles. The van der Waals surface area contributed by atoms with Crippen LogP contribution in [0.15, 0.2) is 76.1 Å². The molecule has 0 aromatic heterocycles. The Hall–Kier alpha value is -1.71. The van der Waals surface area contributed by atoms with Gasteiger partial charge in [-0.1, -0.05) is 42.5 Å². The molecule has 0 aliphatic rings. The smallest absolute Gasteiger partial charge is 0.134 e. The van der Waals surface area contributed by atoms with Gasteiger partial charge in [0.2, 0.25) is 0 Å². The van der Waals surface area contributed by atoms with Crippen molar-refractivity contribution in [1.29, 1.82) is 0 Å². The van der Waals surface area contributed by atoms with Gasteiger partial charge < -0.3 is 4.74 Å². The van der Waals surface area contributed by atoms with Crippen LogP contribution < -0.4 is 4.74 Å². The minimum Gasteiger partial charge on any atom is -0.488 e. The maximum atomic E-state index is 5.99. The number of hydrogen-bond acceptors (Lipinski definition) is 2. The highest BCUT2D eigenvalue weighted by atomic mass is 79.9. The molecule has 1 nitrogen and oxygen atoms in total. The molecular formula is C22H21BrOS. The Bertz CT molecular complexity index is 829. The second kappa shape index (κ2) is 8.59. The second-order valence-corrected chi connectivity index (χ2v) is 7.74. The van der Waals surface area contributed by atoms with E-state index in [1.54, 1.807) is 11.8 Å². The molecule has 3 aromatic rings. The topological polar surface area (TPSA) is 9.23 Å². The van der Waals surface area contributed by atoms with Gasteiger partial charge in [0.05, 0.1) is 4.47 Å². The average Bonchev–Trinajstić information content (AvgIpc) is 2.65. The molecule has 0 amide bonds. The van der Waals surface area contributed by atoms with E-state index < -0.39 is 0 Å². The van der Waals surface area contributed by atoms with Gasteiger partial charge in [0.1, 0.15) is 12.4 Å². The highest BCUT2D eigenvalue weighted by molar-refractivity contribution is 9.10. The van der Waals surface area contributed by atoms with E-state index in [1.165, 1.54) is 27.1 Å². The van der Waals surface area contributed by atoms with Crippen LogP contribution in [0.1, 0.15) is 22.3 Å². The molecule has 0 spiro atoms. The molecule has 0 fully saturated rings. The standard InChI is InChI=1S/C22H21BrOS/c1-16-12-22(24-15-18-6-4-3-5-7-18)21(23)14-19(16)13-17-8-10-20(25-2)11-9-17/h3-12,14H,13,15H2,1-2H3. The Morgan fingerprint density at radius 1 is 0.920 bits per heavy atom. The quantitative estimate of drug-likeness (QED) is 0.419.